The molecule has 114 valence electrons. The van der Waals surface area contributed by atoms with Gasteiger partial charge in [0.2, 0.25) is 0 Å². The highest BCUT2D eigenvalue weighted by atomic mass is 32.1. The van der Waals surface area contributed by atoms with E-state index in [9.17, 15) is 0 Å². The molecule has 0 spiro atoms. The molecule has 0 unspecified atom stereocenters. The molecule has 2 aromatic heterocycles. The molecule has 0 amide bonds. The Morgan fingerprint density at radius 2 is 2.00 bits per heavy atom. The number of anilines is 1. The van der Waals surface area contributed by atoms with E-state index in [0.29, 0.717) is 0 Å². The summed E-state index contributed by atoms with van der Waals surface area (Å²) in [4.78, 5) is 9.94. The Morgan fingerprint density at radius 3 is 2.77 bits per heavy atom. The van der Waals surface area contributed by atoms with Gasteiger partial charge in [0.15, 0.2) is 0 Å². The Bertz CT molecular complexity index is 792. The molecule has 0 bridgehead atoms. The molecule has 1 N–H and O–H groups in total. The summed E-state index contributed by atoms with van der Waals surface area (Å²) in [6.07, 6.45) is 3.97. The first-order valence-electron chi connectivity index (χ1n) is 7.74. The molecule has 0 atom stereocenters. The largest absolute Gasteiger partial charge is 0.369 e. The summed E-state index contributed by atoms with van der Waals surface area (Å²) in [5.41, 5.74) is 5.09. The van der Waals surface area contributed by atoms with Crippen molar-refractivity contribution in [2.45, 2.75) is 33.6 Å². The van der Waals surface area contributed by atoms with Crippen LogP contribution < -0.4 is 5.32 Å². The molecule has 3 nitrogen and oxygen atoms in total. The molecule has 0 saturated heterocycles. The van der Waals surface area contributed by atoms with Gasteiger partial charge in [-0.2, -0.15) is 0 Å². The van der Waals surface area contributed by atoms with Crippen LogP contribution in [-0.4, -0.2) is 16.5 Å². The van der Waals surface area contributed by atoms with Crippen molar-refractivity contribution in [2.24, 2.45) is 0 Å². The lowest BCUT2D eigenvalue weighted by atomic mass is 9.99. The fourth-order valence-corrected chi connectivity index (χ4v) is 3.61. The predicted molar refractivity (Wildman–Crippen MR) is 95.7 cm³/mol. The average Bonchev–Trinajstić information content (AvgIpc) is 2.92. The van der Waals surface area contributed by atoms with Crippen molar-refractivity contribution in [3.63, 3.8) is 0 Å². The van der Waals surface area contributed by atoms with Crippen LogP contribution in [0.2, 0.25) is 0 Å². The van der Waals surface area contributed by atoms with Crippen LogP contribution in [0.15, 0.2) is 29.9 Å². The highest BCUT2D eigenvalue weighted by molar-refractivity contribution is 7.17. The van der Waals surface area contributed by atoms with Gasteiger partial charge in [0.25, 0.3) is 0 Å². The quantitative estimate of drug-likeness (QED) is 0.659. The highest BCUT2D eigenvalue weighted by Crippen LogP contribution is 2.37. The Hall–Kier alpha value is -1.94. The van der Waals surface area contributed by atoms with Crippen LogP contribution in [-0.2, 0) is 0 Å². The maximum atomic E-state index is 4.47. The van der Waals surface area contributed by atoms with E-state index in [1.54, 1.807) is 17.7 Å². The van der Waals surface area contributed by atoms with Crippen molar-refractivity contribution < 1.29 is 0 Å². The molecule has 0 aliphatic carbocycles. The van der Waals surface area contributed by atoms with Gasteiger partial charge in [-0.25, -0.2) is 9.97 Å². The molecule has 3 aromatic rings. The average molecular weight is 311 g/mol. The normalized spacial score (nSPS) is 11.0. The first-order chi connectivity index (χ1) is 10.7. The lowest BCUT2D eigenvalue weighted by Crippen LogP contribution is -2.03. The Morgan fingerprint density at radius 1 is 1.14 bits per heavy atom. The smallest absolute Gasteiger partial charge is 0.138 e. The monoisotopic (exact) mass is 311 g/mol. The summed E-state index contributed by atoms with van der Waals surface area (Å²) in [5.74, 6) is 0.953. The maximum absolute atomic E-state index is 4.47. The molecule has 0 fully saturated rings. The second-order valence-electron chi connectivity index (χ2n) is 5.65. The molecular weight excluding hydrogens is 290 g/mol. The summed E-state index contributed by atoms with van der Waals surface area (Å²) < 4.78 is 0. The molecule has 4 heteroatoms. The number of nitrogens with zero attached hydrogens (tertiary/aromatic N) is 2. The van der Waals surface area contributed by atoms with E-state index < -0.39 is 0 Å². The topological polar surface area (TPSA) is 37.8 Å². The Kier molecular flexibility index (Phi) is 4.39. The SMILES string of the molecule is CCCCNc1ncnc2scc(-c3ccc(C)cc3C)c12. The standard InChI is InChI=1S/C18H21N3S/c1-4-5-8-19-17-16-15(10-22-18(16)21-11-20-17)14-7-6-12(2)9-13(14)3/h6-7,9-11H,4-5,8H2,1-3H3,(H,19,20,21). The van der Waals surface area contributed by atoms with Crippen LogP contribution in [0.5, 0.6) is 0 Å². The van der Waals surface area contributed by atoms with Crippen molar-refractivity contribution in [3.05, 3.63) is 41.0 Å². The fraction of sp³-hybridized carbons (Fsp3) is 0.333. The summed E-state index contributed by atoms with van der Waals surface area (Å²) >= 11 is 1.68. The first-order valence-corrected chi connectivity index (χ1v) is 8.62. The second-order valence-corrected chi connectivity index (χ2v) is 6.51. The number of hydrogen-bond donors (Lipinski definition) is 1. The molecule has 0 aliphatic rings. The van der Waals surface area contributed by atoms with Gasteiger partial charge in [0.1, 0.15) is 17.0 Å². The van der Waals surface area contributed by atoms with Gasteiger partial charge < -0.3 is 5.32 Å². The molecule has 3 rings (SSSR count). The number of thiophene rings is 1. The fourth-order valence-electron chi connectivity index (χ4n) is 2.71. The maximum Gasteiger partial charge on any atom is 0.138 e. The van der Waals surface area contributed by atoms with Gasteiger partial charge in [-0.05, 0) is 31.4 Å². The molecule has 0 saturated carbocycles. The van der Waals surface area contributed by atoms with Crippen molar-refractivity contribution in [1.29, 1.82) is 0 Å². The number of nitrogens with one attached hydrogen (secondary N) is 1. The van der Waals surface area contributed by atoms with Gasteiger partial charge in [-0.15, -0.1) is 11.3 Å². The van der Waals surface area contributed by atoms with Crippen LogP contribution in [0.25, 0.3) is 21.3 Å². The van der Waals surface area contributed by atoms with Crippen LogP contribution >= 0.6 is 11.3 Å². The van der Waals surface area contributed by atoms with Crippen molar-refractivity contribution in [1.82, 2.24) is 9.97 Å². The third kappa shape index (κ3) is 2.83. The third-order valence-electron chi connectivity index (χ3n) is 3.87. The van der Waals surface area contributed by atoms with E-state index in [-0.39, 0.29) is 0 Å². The number of unbranched alkanes of at least 4 members (excludes halogenated alkanes) is 1. The summed E-state index contributed by atoms with van der Waals surface area (Å²) in [6, 6.07) is 6.60. The van der Waals surface area contributed by atoms with Gasteiger partial charge in [0.05, 0.1) is 5.39 Å². The summed E-state index contributed by atoms with van der Waals surface area (Å²) in [5, 5.41) is 6.82. The van der Waals surface area contributed by atoms with E-state index in [1.165, 1.54) is 28.7 Å². The van der Waals surface area contributed by atoms with Crippen LogP contribution in [0.3, 0.4) is 0 Å². The van der Waals surface area contributed by atoms with Crippen LogP contribution in [0.1, 0.15) is 30.9 Å². The molecule has 2 heterocycles. The zero-order valence-electron chi connectivity index (χ0n) is 13.3. The number of hydrogen-bond acceptors (Lipinski definition) is 4. The summed E-state index contributed by atoms with van der Waals surface area (Å²) in [6.45, 7) is 7.44. The van der Waals surface area contributed by atoms with Crippen LogP contribution in [0, 0.1) is 13.8 Å². The molecule has 0 radical (unpaired) electrons. The van der Waals surface area contributed by atoms with E-state index in [0.717, 1.165) is 29.0 Å². The minimum absolute atomic E-state index is 0.949. The van der Waals surface area contributed by atoms with Gasteiger partial charge in [0, 0.05) is 17.5 Å². The zero-order valence-corrected chi connectivity index (χ0v) is 14.1. The number of aromatic nitrogens is 2. The van der Waals surface area contributed by atoms with Crippen molar-refractivity contribution in [2.75, 3.05) is 11.9 Å². The van der Waals surface area contributed by atoms with E-state index in [4.69, 9.17) is 0 Å². The van der Waals surface area contributed by atoms with Crippen LogP contribution in [0.4, 0.5) is 5.82 Å². The number of benzene rings is 1. The van der Waals surface area contributed by atoms with E-state index in [1.807, 2.05) is 0 Å². The van der Waals surface area contributed by atoms with E-state index in [2.05, 4.69) is 59.6 Å². The molecule has 1 aromatic carbocycles. The highest BCUT2D eigenvalue weighted by Gasteiger charge is 2.14. The molecule has 0 aliphatic heterocycles. The third-order valence-corrected chi connectivity index (χ3v) is 4.75. The van der Waals surface area contributed by atoms with E-state index >= 15 is 0 Å². The zero-order chi connectivity index (χ0) is 15.5. The van der Waals surface area contributed by atoms with Crippen molar-refractivity contribution >= 4 is 27.4 Å². The minimum atomic E-state index is 0.949. The first kappa shape index (κ1) is 15.0. The molecular formula is C18H21N3S. The van der Waals surface area contributed by atoms with Gasteiger partial charge in [-0.1, -0.05) is 37.1 Å². The molecule has 22 heavy (non-hydrogen) atoms. The minimum Gasteiger partial charge on any atom is -0.369 e. The Balaban J connectivity index is 2.10. The number of rotatable bonds is 5. The predicted octanol–water partition coefficient (Wildman–Crippen LogP) is 5.19. The summed E-state index contributed by atoms with van der Waals surface area (Å²) in [7, 11) is 0. The van der Waals surface area contributed by atoms with Crippen molar-refractivity contribution in [3.8, 4) is 11.1 Å². The lowest BCUT2D eigenvalue weighted by molar-refractivity contribution is 0.831. The second kappa shape index (κ2) is 6.44. The Labute approximate surface area is 135 Å². The van der Waals surface area contributed by atoms with Gasteiger partial charge in [-0.3, -0.25) is 0 Å². The number of fused-ring (bicyclic) bond motifs is 1. The van der Waals surface area contributed by atoms with Gasteiger partial charge >= 0.3 is 0 Å². The lowest BCUT2D eigenvalue weighted by Gasteiger charge is -2.10. The number of aryl methyl sites for hydroxylation is 2.